The standard InChI is InChI=1S/C18H27BrN4OS/c19-14-12-17(21-25(24)16-4-5-16)18(20-13-14)23-10-6-15(7-11-23)22-8-2-1-3-9-22/h12-13,15-16,21H,1-11H2. The number of hydrogen-bond acceptors (Lipinski definition) is 5. The number of halogens is 1. The highest BCUT2D eigenvalue weighted by atomic mass is 79.9. The van der Waals surface area contributed by atoms with E-state index in [0.717, 1.165) is 48.0 Å². The molecule has 4 rings (SSSR count). The lowest BCUT2D eigenvalue weighted by Gasteiger charge is -2.40. The number of anilines is 2. The highest BCUT2D eigenvalue weighted by Gasteiger charge is 2.36. The first-order chi connectivity index (χ1) is 12.2. The fraction of sp³-hybridized carbons (Fsp3) is 0.722. The topological polar surface area (TPSA) is 54.5 Å². The van der Waals surface area contributed by atoms with E-state index in [9.17, 15) is 4.55 Å². The Bertz CT molecular complexity index is 586. The van der Waals surface area contributed by atoms with Gasteiger partial charge in [0.05, 0.1) is 11.4 Å². The molecule has 1 saturated carbocycles. The van der Waals surface area contributed by atoms with E-state index in [-0.39, 0.29) is 0 Å². The van der Waals surface area contributed by atoms with Crippen LogP contribution in [0.25, 0.3) is 0 Å². The minimum absolute atomic E-state index is 0.316. The fourth-order valence-corrected chi connectivity index (χ4v) is 5.39. The summed E-state index contributed by atoms with van der Waals surface area (Å²) >= 11 is 2.51. The Balaban J connectivity index is 1.41. The molecule has 1 aromatic rings. The molecular formula is C18H27BrN4OS. The van der Waals surface area contributed by atoms with Crippen LogP contribution >= 0.6 is 15.9 Å². The van der Waals surface area contributed by atoms with E-state index in [1.807, 2.05) is 12.3 Å². The van der Waals surface area contributed by atoms with Gasteiger partial charge in [0.25, 0.3) is 0 Å². The number of nitrogens with one attached hydrogen (secondary N) is 1. The van der Waals surface area contributed by atoms with Crippen molar-refractivity contribution in [1.82, 2.24) is 9.88 Å². The smallest absolute Gasteiger partial charge is 0.156 e. The van der Waals surface area contributed by atoms with Crippen LogP contribution in [0, 0.1) is 0 Å². The van der Waals surface area contributed by atoms with Gasteiger partial charge in [-0.1, -0.05) is 6.42 Å². The number of nitrogens with zero attached hydrogens (tertiary/aromatic N) is 3. The Morgan fingerprint density at radius 3 is 2.48 bits per heavy atom. The van der Waals surface area contributed by atoms with E-state index >= 15 is 0 Å². The highest BCUT2D eigenvalue weighted by molar-refractivity contribution is 9.10. The molecule has 25 heavy (non-hydrogen) atoms. The lowest BCUT2D eigenvalue weighted by Crippen LogP contribution is -2.47. The molecule has 0 amide bonds. The van der Waals surface area contributed by atoms with Gasteiger partial charge in [-0.15, -0.1) is 0 Å². The van der Waals surface area contributed by atoms with E-state index in [4.69, 9.17) is 0 Å². The van der Waals surface area contributed by atoms with Crippen LogP contribution in [0.4, 0.5) is 11.5 Å². The van der Waals surface area contributed by atoms with Gasteiger partial charge in [0.15, 0.2) is 5.82 Å². The van der Waals surface area contributed by atoms with Gasteiger partial charge >= 0.3 is 0 Å². The Labute approximate surface area is 162 Å². The van der Waals surface area contributed by atoms with Gasteiger partial charge in [0.2, 0.25) is 0 Å². The summed E-state index contributed by atoms with van der Waals surface area (Å²) in [5, 5.41) is 0.316. The van der Waals surface area contributed by atoms with Crippen molar-refractivity contribution in [2.24, 2.45) is 0 Å². The summed E-state index contributed by atoms with van der Waals surface area (Å²) in [6.07, 6.45) is 10.5. The number of hydrogen-bond donors (Lipinski definition) is 1. The second kappa shape index (κ2) is 8.03. The zero-order chi connectivity index (χ0) is 17.2. The summed E-state index contributed by atoms with van der Waals surface area (Å²) in [4.78, 5) is 9.69. The summed E-state index contributed by atoms with van der Waals surface area (Å²) in [7, 11) is 0. The molecule has 0 radical (unpaired) electrons. The van der Waals surface area contributed by atoms with Crippen molar-refractivity contribution in [3.05, 3.63) is 16.7 Å². The van der Waals surface area contributed by atoms with Gasteiger partial charge in [0, 0.05) is 42.6 Å². The zero-order valence-corrected chi connectivity index (χ0v) is 17.0. The van der Waals surface area contributed by atoms with Crippen molar-refractivity contribution in [1.29, 1.82) is 0 Å². The molecule has 1 N–H and O–H groups in total. The average Bonchev–Trinajstić information content (AvgIpc) is 3.48. The maximum atomic E-state index is 12.3. The minimum atomic E-state index is -0.991. The molecular weight excluding hydrogens is 400 g/mol. The summed E-state index contributed by atoms with van der Waals surface area (Å²) in [5.41, 5.74) is 0.899. The monoisotopic (exact) mass is 426 g/mol. The van der Waals surface area contributed by atoms with E-state index in [0.29, 0.717) is 5.25 Å². The molecule has 5 nitrogen and oxygen atoms in total. The van der Waals surface area contributed by atoms with Crippen LogP contribution < -0.4 is 9.62 Å². The molecule has 2 saturated heterocycles. The first kappa shape index (κ1) is 17.9. The molecule has 0 spiro atoms. The molecule has 7 heteroatoms. The first-order valence-corrected chi connectivity index (χ1v) is 11.5. The summed E-state index contributed by atoms with van der Waals surface area (Å²) in [6, 6.07) is 2.74. The molecule has 0 aromatic carbocycles. The van der Waals surface area contributed by atoms with Crippen LogP contribution in [0.15, 0.2) is 16.7 Å². The maximum Gasteiger partial charge on any atom is 0.156 e. The minimum Gasteiger partial charge on any atom is -0.593 e. The van der Waals surface area contributed by atoms with Gasteiger partial charge < -0.3 is 14.4 Å². The summed E-state index contributed by atoms with van der Waals surface area (Å²) in [6.45, 7) is 4.60. The third-order valence-corrected chi connectivity index (χ3v) is 7.47. The van der Waals surface area contributed by atoms with Crippen LogP contribution in [-0.2, 0) is 11.4 Å². The number of pyridine rings is 1. The van der Waals surface area contributed by atoms with E-state index in [1.165, 1.54) is 45.2 Å². The molecule has 0 bridgehead atoms. The van der Waals surface area contributed by atoms with Crippen molar-refractivity contribution in [2.75, 3.05) is 35.8 Å². The van der Waals surface area contributed by atoms with E-state index in [2.05, 4.69) is 35.4 Å². The van der Waals surface area contributed by atoms with Crippen LogP contribution in [-0.4, -0.2) is 51.9 Å². The Hall–Kier alpha value is -0.500. The Morgan fingerprint density at radius 2 is 1.80 bits per heavy atom. The zero-order valence-electron chi connectivity index (χ0n) is 14.6. The molecule has 3 heterocycles. The molecule has 2 aliphatic heterocycles. The average molecular weight is 427 g/mol. The predicted octanol–water partition coefficient (Wildman–Crippen LogP) is 3.54. The van der Waals surface area contributed by atoms with Gasteiger partial charge in [-0.25, -0.2) is 9.71 Å². The molecule has 1 atom stereocenters. The normalized spacial score (nSPS) is 24.3. The third-order valence-electron chi connectivity index (χ3n) is 5.54. The van der Waals surface area contributed by atoms with Crippen molar-refractivity contribution in [3.63, 3.8) is 0 Å². The largest absolute Gasteiger partial charge is 0.593 e. The lowest BCUT2D eigenvalue weighted by molar-refractivity contribution is 0.141. The van der Waals surface area contributed by atoms with Crippen LogP contribution in [0.5, 0.6) is 0 Å². The molecule has 1 unspecified atom stereocenters. The summed E-state index contributed by atoms with van der Waals surface area (Å²) in [5.74, 6) is 0.953. The quantitative estimate of drug-likeness (QED) is 0.729. The van der Waals surface area contributed by atoms with Gasteiger partial charge in [0.1, 0.15) is 10.9 Å². The number of likely N-dealkylation sites (tertiary alicyclic amines) is 1. The number of aromatic nitrogens is 1. The van der Waals surface area contributed by atoms with Crippen molar-refractivity contribution in [2.45, 2.75) is 56.2 Å². The van der Waals surface area contributed by atoms with Crippen LogP contribution in [0.1, 0.15) is 44.9 Å². The van der Waals surface area contributed by atoms with E-state index < -0.39 is 11.4 Å². The predicted molar refractivity (Wildman–Crippen MR) is 107 cm³/mol. The molecule has 1 aliphatic carbocycles. The van der Waals surface area contributed by atoms with Crippen molar-refractivity contribution in [3.8, 4) is 0 Å². The molecule has 3 aliphatic rings. The van der Waals surface area contributed by atoms with Crippen LogP contribution in [0.3, 0.4) is 0 Å². The van der Waals surface area contributed by atoms with E-state index in [1.54, 1.807) is 0 Å². The highest BCUT2D eigenvalue weighted by Crippen LogP contribution is 2.34. The second-order valence-corrected chi connectivity index (χ2v) is 9.82. The summed E-state index contributed by atoms with van der Waals surface area (Å²) < 4.78 is 16.4. The Morgan fingerprint density at radius 1 is 1.08 bits per heavy atom. The molecule has 3 fully saturated rings. The third kappa shape index (κ3) is 4.43. The fourth-order valence-electron chi connectivity index (χ4n) is 3.96. The maximum absolute atomic E-state index is 12.3. The SMILES string of the molecule is [O-][S+](Nc1cc(Br)cnc1N1CCC(N2CCCCC2)CC1)C1CC1. The molecule has 138 valence electrons. The lowest BCUT2D eigenvalue weighted by atomic mass is 10.00. The van der Waals surface area contributed by atoms with Crippen LogP contribution in [0.2, 0.25) is 0 Å². The van der Waals surface area contributed by atoms with Gasteiger partial charge in [-0.05, 0) is 60.8 Å². The molecule has 1 aromatic heterocycles. The van der Waals surface area contributed by atoms with Crippen molar-refractivity contribution >= 4 is 38.8 Å². The Kier molecular flexibility index (Phi) is 5.74. The van der Waals surface area contributed by atoms with Gasteiger partial charge in [-0.2, -0.15) is 0 Å². The first-order valence-electron chi connectivity index (χ1n) is 9.52. The second-order valence-electron chi connectivity index (χ2n) is 7.44. The number of rotatable bonds is 5. The number of piperidine rings is 2. The van der Waals surface area contributed by atoms with Gasteiger partial charge in [-0.3, -0.25) is 0 Å². The van der Waals surface area contributed by atoms with Crippen molar-refractivity contribution < 1.29 is 4.55 Å².